The smallest absolute Gasteiger partial charge is 0.0652 e. The predicted molar refractivity (Wildman–Crippen MR) is 52.7 cm³/mol. The average molecular weight is 167 g/mol. The van der Waals surface area contributed by atoms with Crippen LogP contribution in [-0.2, 0) is 0 Å². The molecule has 0 aliphatic carbocycles. The van der Waals surface area contributed by atoms with Gasteiger partial charge >= 0.3 is 0 Å². The van der Waals surface area contributed by atoms with E-state index in [0.717, 1.165) is 12.3 Å². The summed E-state index contributed by atoms with van der Waals surface area (Å²) in [7, 11) is 0. The van der Waals surface area contributed by atoms with Crippen molar-refractivity contribution in [2.75, 3.05) is 0 Å². The summed E-state index contributed by atoms with van der Waals surface area (Å²) in [6.07, 6.45) is 6.26. The summed E-state index contributed by atoms with van der Waals surface area (Å²) in [5.74, 6) is 1.09. The fourth-order valence-electron chi connectivity index (χ4n) is 1.24. The topological polar surface area (TPSA) is 23.8 Å². The highest BCUT2D eigenvalue weighted by Crippen LogP contribution is 2.12. The third-order valence-corrected chi connectivity index (χ3v) is 2.14. The molecule has 0 aromatic carbocycles. The van der Waals surface area contributed by atoms with Gasteiger partial charge in [0.15, 0.2) is 0 Å². The molecule has 12 heavy (non-hydrogen) atoms. The Morgan fingerprint density at radius 1 is 1.00 bits per heavy atom. The van der Waals surface area contributed by atoms with E-state index < -0.39 is 0 Å². The van der Waals surface area contributed by atoms with Gasteiger partial charge < -0.3 is 0 Å². The fourth-order valence-corrected chi connectivity index (χ4v) is 1.24. The lowest BCUT2D eigenvalue weighted by atomic mass is 10.0. The van der Waals surface area contributed by atoms with Crippen molar-refractivity contribution in [3.63, 3.8) is 0 Å². The van der Waals surface area contributed by atoms with Crippen LogP contribution in [0.2, 0.25) is 0 Å². The van der Waals surface area contributed by atoms with Crippen LogP contribution in [0.3, 0.4) is 0 Å². The minimum absolute atomic E-state index is 0.254. The average Bonchev–Trinajstić information content (AvgIpc) is 2.03. The van der Waals surface area contributed by atoms with Gasteiger partial charge in [0.25, 0.3) is 0 Å². The van der Waals surface area contributed by atoms with Gasteiger partial charge in [-0.1, -0.05) is 39.5 Å². The minimum atomic E-state index is 0.254. The molecule has 1 atom stereocenters. The Kier molecular flexibility index (Phi) is 6.85. The molecule has 0 rings (SSSR count). The first-order chi connectivity index (χ1) is 5.66. The molecule has 0 aliphatic rings. The number of unbranched alkanes of at least 4 members (excludes halogenated alkanes) is 2. The van der Waals surface area contributed by atoms with Gasteiger partial charge in [0.05, 0.1) is 6.07 Å². The van der Waals surface area contributed by atoms with Crippen molar-refractivity contribution in [2.24, 2.45) is 11.8 Å². The second-order valence-electron chi connectivity index (χ2n) is 4.06. The first-order valence-corrected chi connectivity index (χ1v) is 5.06. The number of nitriles is 1. The van der Waals surface area contributed by atoms with Crippen molar-refractivity contribution in [3.05, 3.63) is 0 Å². The van der Waals surface area contributed by atoms with Gasteiger partial charge in [0.2, 0.25) is 0 Å². The molecule has 0 saturated heterocycles. The molecule has 0 amide bonds. The number of hydrogen-bond donors (Lipinski definition) is 0. The molecule has 1 unspecified atom stereocenters. The minimum Gasteiger partial charge on any atom is -0.198 e. The molecule has 0 spiro atoms. The van der Waals surface area contributed by atoms with Crippen LogP contribution < -0.4 is 0 Å². The highest BCUT2D eigenvalue weighted by atomic mass is 14.3. The lowest BCUT2D eigenvalue weighted by molar-refractivity contribution is 0.503. The van der Waals surface area contributed by atoms with Crippen LogP contribution in [-0.4, -0.2) is 0 Å². The molecule has 0 aliphatic heterocycles. The summed E-state index contributed by atoms with van der Waals surface area (Å²) >= 11 is 0. The summed E-state index contributed by atoms with van der Waals surface area (Å²) in [6, 6.07) is 2.26. The van der Waals surface area contributed by atoms with Gasteiger partial charge in [-0.25, -0.2) is 0 Å². The van der Waals surface area contributed by atoms with Crippen LogP contribution in [0, 0.1) is 23.2 Å². The zero-order chi connectivity index (χ0) is 9.40. The van der Waals surface area contributed by atoms with Gasteiger partial charge in [-0.15, -0.1) is 0 Å². The standard InChI is InChI=1S/C11H21N/c1-10(2)7-5-4-6-8-11(3)9-12/h10-11H,4-8H2,1-3H3. The van der Waals surface area contributed by atoms with E-state index in [1.807, 2.05) is 6.92 Å². The Balaban J connectivity index is 3.07. The molecule has 0 aromatic rings. The largest absolute Gasteiger partial charge is 0.198 e. The number of rotatable bonds is 6. The Morgan fingerprint density at radius 3 is 2.08 bits per heavy atom. The Labute approximate surface area is 76.8 Å². The van der Waals surface area contributed by atoms with Crippen molar-refractivity contribution in [1.29, 1.82) is 5.26 Å². The van der Waals surface area contributed by atoms with Crippen LogP contribution in [0.4, 0.5) is 0 Å². The van der Waals surface area contributed by atoms with Crippen LogP contribution >= 0.6 is 0 Å². The third kappa shape index (κ3) is 7.60. The molecule has 1 nitrogen and oxygen atoms in total. The molecule has 70 valence electrons. The zero-order valence-corrected chi connectivity index (χ0v) is 8.64. The number of nitrogens with zero attached hydrogens (tertiary/aromatic N) is 1. The molecular formula is C11H21N. The van der Waals surface area contributed by atoms with Crippen LogP contribution in [0.25, 0.3) is 0 Å². The zero-order valence-electron chi connectivity index (χ0n) is 8.64. The molecule has 0 saturated carbocycles. The lowest BCUT2D eigenvalue weighted by Gasteiger charge is -2.04. The van der Waals surface area contributed by atoms with E-state index >= 15 is 0 Å². The van der Waals surface area contributed by atoms with E-state index in [1.165, 1.54) is 25.7 Å². The van der Waals surface area contributed by atoms with Crippen molar-refractivity contribution in [1.82, 2.24) is 0 Å². The first-order valence-electron chi connectivity index (χ1n) is 5.06. The van der Waals surface area contributed by atoms with Gasteiger partial charge in [0.1, 0.15) is 0 Å². The van der Waals surface area contributed by atoms with Gasteiger partial charge in [-0.2, -0.15) is 5.26 Å². The Morgan fingerprint density at radius 2 is 1.58 bits per heavy atom. The summed E-state index contributed by atoms with van der Waals surface area (Å²) in [4.78, 5) is 0. The van der Waals surface area contributed by atoms with E-state index in [9.17, 15) is 0 Å². The normalized spacial score (nSPS) is 12.9. The van der Waals surface area contributed by atoms with E-state index in [-0.39, 0.29) is 5.92 Å². The maximum absolute atomic E-state index is 8.53. The van der Waals surface area contributed by atoms with Crippen LogP contribution in [0.1, 0.15) is 52.9 Å². The van der Waals surface area contributed by atoms with E-state index in [0.29, 0.717) is 0 Å². The summed E-state index contributed by atoms with van der Waals surface area (Å²) in [6.45, 7) is 6.53. The molecule has 0 bridgehead atoms. The fraction of sp³-hybridized carbons (Fsp3) is 0.909. The van der Waals surface area contributed by atoms with Crippen molar-refractivity contribution in [3.8, 4) is 6.07 Å². The second kappa shape index (κ2) is 7.16. The summed E-state index contributed by atoms with van der Waals surface area (Å²) in [5.41, 5.74) is 0. The van der Waals surface area contributed by atoms with Crippen LogP contribution in [0.5, 0.6) is 0 Å². The summed E-state index contributed by atoms with van der Waals surface area (Å²) in [5, 5.41) is 8.53. The maximum Gasteiger partial charge on any atom is 0.0652 e. The second-order valence-corrected chi connectivity index (χ2v) is 4.06. The quantitative estimate of drug-likeness (QED) is 0.553. The molecule has 0 fully saturated rings. The SMILES string of the molecule is CC(C)CCCCCC(C)C#N. The first kappa shape index (κ1) is 11.5. The highest BCUT2D eigenvalue weighted by Gasteiger charge is 1.99. The molecular weight excluding hydrogens is 146 g/mol. The van der Waals surface area contributed by atoms with E-state index in [2.05, 4.69) is 19.9 Å². The van der Waals surface area contributed by atoms with Gasteiger partial charge in [0, 0.05) is 5.92 Å². The predicted octanol–water partition coefficient (Wildman–Crippen LogP) is 3.75. The Hall–Kier alpha value is -0.510. The van der Waals surface area contributed by atoms with Crippen molar-refractivity contribution in [2.45, 2.75) is 52.9 Å². The van der Waals surface area contributed by atoms with Crippen molar-refractivity contribution < 1.29 is 0 Å². The molecule has 0 radical (unpaired) electrons. The maximum atomic E-state index is 8.53. The summed E-state index contributed by atoms with van der Waals surface area (Å²) < 4.78 is 0. The highest BCUT2D eigenvalue weighted by molar-refractivity contribution is 4.77. The molecule has 0 N–H and O–H groups in total. The Bertz CT molecular complexity index is 132. The number of hydrogen-bond acceptors (Lipinski definition) is 1. The lowest BCUT2D eigenvalue weighted by Crippen LogP contribution is -1.91. The molecule has 0 aromatic heterocycles. The van der Waals surface area contributed by atoms with Gasteiger partial charge in [-0.3, -0.25) is 0 Å². The molecule has 1 heteroatoms. The van der Waals surface area contributed by atoms with Crippen LogP contribution in [0.15, 0.2) is 0 Å². The third-order valence-electron chi connectivity index (χ3n) is 2.14. The van der Waals surface area contributed by atoms with Crippen molar-refractivity contribution >= 4 is 0 Å². The monoisotopic (exact) mass is 167 g/mol. The molecule has 0 heterocycles. The van der Waals surface area contributed by atoms with E-state index in [4.69, 9.17) is 5.26 Å². The van der Waals surface area contributed by atoms with E-state index in [1.54, 1.807) is 0 Å². The van der Waals surface area contributed by atoms with Gasteiger partial charge in [-0.05, 0) is 19.3 Å².